The summed E-state index contributed by atoms with van der Waals surface area (Å²) in [5.74, 6) is -0.114. The SMILES string of the molecule is CCOC(=O)C(O)c1cc(COC)cc(OC)c1. The fraction of sp³-hybridized carbons (Fsp3) is 0.462. The molecule has 1 aromatic carbocycles. The van der Waals surface area contributed by atoms with E-state index >= 15 is 0 Å². The molecule has 0 saturated carbocycles. The largest absolute Gasteiger partial charge is 0.497 e. The van der Waals surface area contributed by atoms with Gasteiger partial charge in [-0.3, -0.25) is 0 Å². The van der Waals surface area contributed by atoms with Crippen LogP contribution in [0.1, 0.15) is 24.2 Å². The van der Waals surface area contributed by atoms with Gasteiger partial charge in [-0.25, -0.2) is 4.79 Å². The molecule has 1 rings (SSSR count). The predicted molar refractivity (Wildman–Crippen MR) is 65.3 cm³/mol. The van der Waals surface area contributed by atoms with E-state index in [-0.39, 0.29) is 6.61 Å². The number of carbonyl (C=O) groups is 1. The first-order valence-corrected chi connectivity index (χ1v) is 5.63. The number of aliphatic hydroxyl groups excluding tert-OH is 1. The molecule has 5 heteroatoms. The van der Waals surface area contributed by atoms with Gasteiger partial charge in [-0.05, 0) is 30.2 Å². The van der Waals surface area contributed by atoms with Crippen LogP contribution in [0.5, 0.6) is 5.75 Å². The average Bonchev–Trinajstić information content (AvgIpc) is 2.38. The van der Waals surface area contributed by atoms with Crippen molar-refractivity contribution in [2.75, 3.05) is 20.8 Å². The van der Waals surface area contributed by atoms with E-state index in [9.17, 15) is 9.90 Å². The third kappa shape index (κ3) is 3.72. The zero-order valence-electron chi connectivity index (χ0n) is 10.8. The summed E-state index contributed by atoms with van der Waals surface area (Å²) in [6.07, 6.45) is -1.31. The summed E-state index contributed by atoms with van der Waals surface area (Å²) in [5.41, 5.74) is 1.25. The Balaban J connectivity index is 2.99. The van der Waals surface area contributed by atoms with E-state index in [2.05, 4.69) is 0 Å². The molecule has 0 fully saturated rings. The standard InChI is InChI=1S/C13H18O5/c1-4-18-13(15)12(14)10-5-9(8-16-2)6-11(7-10)17-3/h5-7,12,14H,4,8H2,1-3H3. The molecule has 18 heavy (non-hydrogen) atoms. The Labute approximate surface area is 106 Å². The third-order valence-corrected chi connectivity index (χ3v) is 2.36. The van der Waals surface area contributed by atoms with E-state index < -0.39 is 12.1 Å². The molecule has 0 aromatic heterocycles. The first-order valence-electron chi connectivity index (χ1n) is 5.63. The van der Waals surface area contributed by atoms with E-state index in [4.69, 9.17) is 14.2 Å². The number of hydrogen-bond donors (Lipinski definition) is 1. The molecule has 0 saturated heterocycles. The molecule has 0 heterocycles. The molecule has 0 aliphatic carbocycles. The summed E-state index contributed by atoms with van der Waals surface area (Å²) >= 11 is 0. The number of aliphatic hydroxyl groups is 1. The lowest BCUT2D eigenvalue weighted by atomic mass is 10.1. The van der Waals surface area contributed by atoms with Crippen molar-refractivity contribution < 1.29 is 24.1 Å². The zero-order valence-corrected chi connectivity index (χ0v) is 10.8. The van der Waals surface area contributed by atoms with Crippen LogP contribution in [0.4, 0.5) is 0 Å². The predicted octanol–water partition coefficient (Wildman–Crippen LogP) is 1.44. The van der Waals surface area contributed by atoms with E-state index in [1.54, 1.807) is 32.2 Å². The van der Waals surface area contributed by atoms with Gasteiger partial charge in [0.15, 0.2) is 6.10 Å². The highest BCUT2D eigenvalue weighted by Crippen LogP contribution is 2.23. The number of carbonyl (C=O) groups excluding carboxylic acids is 1. The van der Waals surface area contributed by atoms with Crippen molar-refractivity contribution in [3.63, 3.8) is 0 Å². The van der Waals surface area contributed by atoms with Crippen LogP contribution in [0.2, 0.25) is 0 Å². The van der Waals surface area contributed by atoms with E-state index in [1.165, 1.54) is 7.11 Å². The molecule has 5 nitrogen and oxygen atoms in total. The normalized spacial score (nSPS) is 12.0. The number of hydrogen-bond acceptors (Lipinski definition) is 5. The Morgan fingerprint density at radius 1 is 1.33 bits per heavy atom. The Morgan fingerprint density at radius 3 is 2.61 bits per heavy atom. The van der Waals surface area contributed by atoms with Crippen LogP contribution in [0.3, 0.4) is 0 Å². The van der Waals surface area contributed by atoms with Crippen LogP contribution >= 0.6 is 0 Å². The van der Waals surface area contributed by atoms with Crippen LogP contribution in [-0.2, 0) is 20.9 Å². The highest BCUT2D eigenvalue weighted by atomic mass is 16.5. The molecule has 1 aromatic rings. The lowest BCUT2D eigenvalue weighted by molar-refractivity contribution is -0.153. The zero-order chi connectivity index (χ0) is 13.5. The monoisotopic (exact) mass is 254 g/mol. The molecule has 0 radical (unpaired) electrons. The summed E-state index contributed by atoms with van der Waals surface area (Å²) < 4.78 is 14.9. The fourth-order valence-electron chi connectivity index (χ4n) is 1.57. The van der Waals surface area contributed by atoms with Crippen molar-refractivity contribution in [3.05, 3.63) is 29.3 Å². The smallest absolute Gasteiger partial charge is 0.339 e. The van der Waals surface area contributed by atoms with Crippen LogP contribution in [0.15, 0.2) is 18.2 Å². The molecule has 0 spiro atoms. The number of rotatable bonds is 6. The Morgan fingerprint density at radius 2 is 2.06 bits per heavy atom. The third-order valence-electron chi connectivity index (χ3n) is 2.36. The summed E-state index contributed by atoms with van der Waals surface area (Å²) in [4.78, 5) is 11.5. The first-order chi connectivity index (χ1) is 8.62. The molecule has 100 valence electrons. The molecule has 0 aliphatic rings. The van der Waals surface area contributed by atoms with Gasteiger partial charge in [0.05, 0.1) is 20.3 Å². The lowest BCUT2D eigenvalue weighted by Gasteiger charge is -2.13. The second-order valence-corrected chi connectivity index (χ2v) is 3.70. The first kappa shape index (κ1) is 14.5. The molecule has 0 amide bonds. The average molecular weight is 254 g/mol. The second-order valence-electron chi connectivity index (χ2n) is 3.70. The molecule has 1 N–H and O–H groups in total. The highest BCUT2D eigenvalue weighted by Gasteiger charge is 2.19. The lowest BCUT2D eigenvalue weighted by Crippen LogP contribution is -2.15. The minimum atomic E-state index is -1.31. The minimum Gasteiger partial charge on any atom is -0.497 e. The van der Waals surface area contributed by atoms with E-state index in [1.807, 2.05) is 0 Å². The Kier molecular flexibility index (Phi) is 5.61. The van der Waals surface area contributed by atoms with Crippen molar-refractivity contribution in [2.24, 2.45) is 0 Å². The molecule has 0 aliphatic heterocycles. The Hall–Kier alpha value is -1.59. The van der Waals surface area contributed by atoms with Crippen molar-refractivity contribution in [2.45, 2.75) is 19.6 Å². The molecule has 0 bridgehead atoms. The van der Waals surface area contributed by atoms with Gasteiger partial charge < -0.3 is 19.3 Å². The van der Waals surface area contributed by atoms with Crippen LogP contribution in [-0.4, -0.2) is 31.9 Å². The number of benzene rings is 1. The molecular formula is C13H18O5. The van der Waals surface area contributed by atoms with E-state index in [0.717, 1.165) is 5.56 Å². The van der Waals surface area contributed by atoms with Gasteiger partial charge in [-0.1, -0.05) is 6.07 Å². The van der Waals surface area contributed by atoms with Gasteiger partial charge in [-0.15, -0.1) is 0 Å². The van der Waals surface area contributed by atoms with Gasteiger partial charge in [0.1, 0.15) is 5.75 Å². The summed E-state index contributed by atoms with van der Waals surface area (Å²) in [7, 11) is 3.09. The summed E-state index contributed by atoms with van der Waals surface area (Å²) in [6, 6.07) is 5.07. The van der Waals surface area contributed by atoms with Crippen molar-refractivity contribution >= 4 is 5.97 Å². The molecule has 1 atom stereocenters. The van der Waals surface area contributed by atoms with Gasteiger partial charge in [0.2, 0.25) is 0 Å². The van der Waals surface area contributed by atoms with Crippen molar-refractivity contribution in [1.29, 1.82) is 0 Å². The van der Waals surface area contributed by atoms with Crippen molar-refractivity contribution in [3.8, 4) is 5.75 Å². The maximum Gasteiger partial charge on any atom is 0.339 e. The van der Waals surface area contributed by atoms with E-state index in [0.29, 0.717) is 17.9 Å². The van der Waals surface area contributed by atoms with Gasteiger partial charge in [-0.2, -0.15) is 0 Å². The quantitative estimate of drug-likeness (QED) is 0.778. The minimum absolute atomic E-state index is 0.227. The van der Waals surface area contributed by atoms with Crippen LogP contribution < -0.4 is 4.74 Å². The summed E-state index contributed by atoms with van der Waals surface area (Å²) in [6.45, 7) is 2.29. The van der Waals surface area contributed by atoms with Crippen LogP contribution in [0, 0.1) is 0 Å². The van der Waals surface area contributed by atoms with Crippen LogP contribution in [0.25, 0.3) is 0 Å². The van der Waals surface area contributed by atoms with Gasteiger partial charge in [0.25, 0.3) is 0 Å². The summed E-state index contributed by atoms with van der Waals surface area (Å²) in [5, 5.41) is 9.86. The molecular weight excluding hydrogens is 236 g/mol. The Bertz CT molecular complexity index is 402. The topological polar surface area (TPSA) is 65.0 Å². The maximum absolute atomic E-state index is 11.5. The number of esters is 1. The van der Waals surface area contributed by atoms with Gasteiger partial charge >= 0.3 is 5.97 Å². The number of ether oxygens (including phenoxy) is 3. The highest BCUT2D eigenvalue weighted by molar-refractivity contribution is 5.76. The van der Waals surface area contributed by atoms with Crippen molar-refractivity contribution in [1.82, 2.24) is 0 Å². The van der Waals surface area contributed by atoms with Gasteiger partial charge in [0, 0.05) is 7.11 Å². The molecule has 1 unspecified atom stereocenters. The second kappa shape index (κ2) is 6.98. The fourth-order valence-corrected chi connectivity index (χ4v) is 1.57. The number of methoxy groups -OCH3 is 2. The maximum atomic E-state index is 11.5.